The Bertz CT molecular complexity index is 971. The van der Waals surface area contributed by atoms with E-state index in [4.69, 9.17) is 0 Å². The molecule has 0 spiro atoms. The van der Waals surface area contributed by atoms with Crippen molar-refractivity contribution in [3.63, 3.8) is 0 Å². The number of nitrogens with one attached hydrogen (secondary N) is 1. The number of aromatic nitrogens is 4. The van der Waals surface area contributed by atoms with Gasteiger partial charge in [-0.15, -0.1) is 10.2 Å². The van der Waals surface area contributed by atoms with Crippen LogP contribution in [0, 0.1) is 0 Å². The Morgan fingerprint density at radius 3 is 2.75 bits per heavy atom. The molecule has 0 radical (unpaired) electrons. The Morgan fingerprint density at radius 1 is 1.07 bits per heavy atom. The summed E-state index contributed by atoms with van der Waals surface area (Å²) < 4.78 is 2.16. The number of rotatable bonds is 3. The highest BCUT2D eigenvalue weighted by Crippen LogP contribution is 2.33. The minimum atomic E-state index is 0.0120. The van der Waals surface area contributed by atoms with Gasteiger partial charge >= 0.3 is 6.03 Å². The van der Waals surface area contributed by atoms with E-state index >= 15 is 0 Å². The number of amides is 2. The fourth-order valence-corrected chi connectivity index (χ4v) is 4.35. The zero-order valence-electron chi connectivity index (χ0n) is 15.5. The first-order chi connectivity index (χ1) is 13.8. The summed E-state index contributed by atoms with van der Waals surface area (Å²) in [5, 5.41) is 11.9. The molecule has 3 aromatic rings. The number of pyridine rings is 1. The number of hydrogen-bond acceptors (Lipinski definition) is 4. The van der Waals surface area contributed by atoms with Crippen LogP contribution >= 0.6 is 0 Å². The molecule has 4 heterocycles. The van der Waals surface area contributed by atoms with Gasteiger partial charge in [-0.1, -0.05) is 30.3 Å². The number of benzene rings is 1. The van der Waals surface area contributed by atoms with Crippen molar-refractivity contribution in [2.75, 3.05) is 0 Å². The van der Waals surface area contributed by atoms with E-state index in [1.54, 1.807) is 6.20 Å². The second-order valence-corrected chi connectivity index (χ2v) is 7.43. The van der Waals surface area contributed by atoms with Crippen molar-refractivity contribution in [3.8, 4) is 11.4 Å². The molecule has 142 valence electrons. The summed E-state index contributed by atoms with van der Waals surface area (Å²) in [4.78, 5) is 19.2. The molecule has 0 aliphatic carbocycles. The van der Waals surface area contributed by atoms with Crippen LogP contribution in [-0.4, -0.2) is 42.8 Å². The quantitative estimate of drug-likeness (QED) is 0.765. The molecule has 2 aliphatic heterocycles. The lowest BCUT2D eigenvalue weighted by Crippen LogP contribution is -2.47. The lowest BCUT2D eigenvalue weighted by Gasteiger charge is -2.28. The summed E-state index contributed by atoms with van der Waals surface area (Å²) in [6.45, 7) is 1.27. The standard InChI is InChI=1S/C21H22N6O/c28-21(23-12-15-5-2-1-3-6-15)27-17-8-9-18(27)14-26-19(11-17)24-25-20(26)16-7-4-10-22-13-16/h1-7,10,13,17-18H,8-9,11-12,14H2,(H,23,28). The van der Waals surface area contributed by atoms with Gasteiger partial charge < -0.3 is 14.8 Å². The highest BCUT2D eigenvalue weighted by Gasteiger charge is 2.41. The van der Waals surface area contributed by atoms with Crippen LogP contribution in [0.15, 0.2) is 54.9 Å². The molecule has 1 N–H and O–H groups in total. The normalized spacial score (nSPS) is 20.5. The minimum Gasteiger partial charge on any atom is -0.334 e. The third kappa shape index (κ3) is 3.02. The molecular formula is C21H22N6O. The van der Waals surface area contributed by atoms with E-state index in [-0.39, 0.29) is 18.1 Å². The first kappa shape index (κ1) is 16.9. The van der Waals surface area contributed by atoms with E-state index < -0.39 is 0 Å². The van der Waals surface area contributed by atoms with Crippen molar-refractivity contribution >= 4 is 6.03 Å². The summed E-state index contributed by atoms with van der Waals surface area (Å²) in [5.41, 5.74) is 2.06. The Hall–Kier alpha value is -3.22. The number of hydrogen-bond donors (Lipinski definition) is 1. The van der Waals surface area contributed by atoms with Crippen molar-refractivity contribution < 1.29 is 4.79 Å². The van der Waals surface area contributed by atoms with E-state index in [0.29, 0.717) is 6.54 Å². The summed E-state index contributed by atoms with van der Waals surface area (Å²) in [6, 6.07) is 14.3. The number of fused-ring (bicyclic) bond motifs is 3. The predicted molar refractivity (Wildman–Crippen MR) is 104 cm³/mol. The van der Waals surface area contributed by atoms with Gasteiger partial charge in [0.1, 0.15) is 5.82 Å². The average molecular weight is 374 g/mol. The molecule has 1 fully saturated rings. The Kier molecular flexibility index (Phi) is 4.27. The van der Waals surface area contributed by atoms with Gasteiger partial charge in [-0.2, -0.15) is 0 Å². The van der Waals surface area contributed by atoms with Crippen LogP contribution < -0.4 is 5.32 Å². The van der Waals surface area contributed by atoms with Crippen molar-refractivity contribution in [1.29, 1.82) is 0 Å². The molecule has 28 heavy (non-hydrogen) atoms. The predicted octanol–water partition coefficient (Wildman–Crippen LogP) is 2.64. The topological polar surface area (TPSA) is 75.9 Å². The molecule has 0 saturated carbocycles. The SMILES string of the molecule is O=C(NCc1ccccc1)N1C2CCC1Cn1c(nnc1-c1cccnc1)C2. The summed E-state index contributed by atoms with van der Waals surface area (Å²) in [7, 11) is 0. The van der Waals surface area contributed by atoms with E-state index in [2.05, 4.69) is 25.1 Å². The van der Waals surface area contributed by atoms with Gasteiger partial charge in [-0.25, -0.2) is 4.79 Å². The van der Waals surface area contributed by atoms with Gasteiger partial charge in [0.15, 0.2) is 5.82 Å². The molecule has 2 atom stereocenters. The van der Waals surface area contributed by atoms with Gasteiger partial charge in [0.25, 0.3) is 0 Å². The van der Waals surface area contributed by atoms with Crippen molar-refractivity contribution in [2.45, 2.75) is 44.4 Å². The number of carbonyl (C=O) groups excluding carboxylic acids is 1. The maximum atomic E-state index is 13.0. The van der Waals surface area contributed by atoms with Gasteiger partial charge in [0.05, 0.1) is 6.04 Å². The van der Waals surface area contributed by atoms with Crippen LogP contribution in [0.25, 0.3) is 11.4 Å². The summed E-state index contributed by atoms with van der Waals surface area (Å²) in [5.74, 6) is 1.78. The van der Waals surface area contributed by atoms with Crippen LogP contribution in [0.2, 0.25) is 0 Å². The Balaban J connectivity index is 1.36. The maximum Gasteiger partial charge on any atom is 0.318 e. The highest BCUT2D eigenvalue weighted by molar-refractivity contribution is 5.75. The second kappa shape index (κ2) is 7.07. The van der Waals surface area contributed by atoms with E-state index in [1.807, 2.05) is 53.6 Å². The average Bonchev–Trinajstić information content (AvgIpc) is 3.27. The third-order valence-electron chi connectivity index (χ3n) is 5.70. The Morgan fingerprint density at radius 2 is 1.93 bits per heavy atom. The molecule has 2 bridgehead atoms. The molecule has 2 unspecified atom stereocenters. The third-order valence-corrected chi connectivity index (χ3v) is 5.70. The molecule has 2 aromatic heterocycles. The largest absolute Gasteiger partial charge is 0.334 e. The van der Waals surface area contributed by atoms with E-state index in [9.17, 15) is 4.79 Å². The minimum absolute atomic E-state index is 0.0120. The summed E-state index contributed by atoms with van der Waals surface area (Å²) in [6.07, 6.45) is 6.32. The second-order valence-electron chi connectivity index (χ2n) is 7.43. The number of nitrogens with zero attached hydrogens (tertiary/aromatic N) is 5. The molecule has 7 nitrogen and oxygen atoms in total. The van der Waals surface area contributed by atoms with Crippen LogP contribution in [0.3, 0.4) is 0 Å². The lowest BCUT2D eigenvalue weighted by atomic mass is 10.1. The smallest absolute Gasteiger partial charge is 0.318 e. The van der Waals surface area contributed by atoms with Gasteiger partial charge in [-0.05, 0) is 30.5 Å². The van der Waals surface area contributed by atoms with Crippen LogP contribution in [-0.2, 0) is 19.5 Å². The molecule has 7 heteroatoms. The molecule has 5 rings (SSSR count). The first-order valence-electron chi connectivity index (χ1n) is 9.72. The van der Waals surface area contributed by atoms with Crippen molar-refractivity contribution in [3.05, 3.63) is 66.2 Å². The van der Waals surface area contributed by atoms with E-state index in [1.165, 1.54) is 0 Å². The highest BCUT2D eigenvalue weighted by atomic mass is 16.2. The monoisotopic (exact) mass is 374 g/mol. The summed E-state index contributed by atoms with van der Waals surface area (Å²) >= 11 is 0. The molecule has 2 aliphatic rings. The fraction of sp³-hybridized carbons (Fsp3) is 0.333. The van der Waals surface area contributed by atoms with Crippen molar-refractivity contribution in [1.82, 2.24) is 30.0 Å². The van der Waals surface area contributed by atoms with E-state index in [0.717, 1.165) is 48.6 Å². The number of carbonyl (C=O) groups is 1. The zero-order valence-corrected chi connectivity index (χ0v) is 15.5. The van der Waals surface area contributed by atoms with Gasteiger partial charge in [0, 0.05) is 43.5 Å². The maximum absolute atomic E-state index is 13.0. The van der Waals surface area contributed by atoms with Gasteiger partial charge in [0.2, 0.25) is 0 Å². The van der Waals surface area contributed by atoms with Crippen LogP contribution in [0.4, 0.5) is 4.79 Å². The molecule has 1 saturated heterocycles. The van der Waals surface area contributed by atoms with Crippen molar-refractivity contribution in [2.24, 2.45) is 0 Å². The molecular weight excluding hydrogens is 352 g/mol. The first-order valence-corrected chi connectivity index (χ1v) is 9.72. The van der Waals surface area contributed by atoms with Crippen LogP contribution in [0.5, 0.6) is 0 Å². The fourth-order valence-electron chi connectivity index (χ4n) is 4.35. The van der Waals surface area contributed by atoms with Gasteiger partial charge in [-0.3, -0.25) is 4.98 Å². The Labute approximate surface area is 163 Å². The molecule has 1 aromatic carbocycles. The van der Waals surface area contributed by atoms with Crippen LogP contribution in [0.1, 0.15) is 24.2 Å². The lowest BCUT2D eigenvalue weighted by molar-refractivity contribution is 0.171. The number of urea groups is 1. The zero-order chi connectivity index (χ0) is 18.9. The molecule has 2 amide bonds.